The summed E-state index contributed by atoms with van der Waals surface area (Å²) in [5.41, 5.74) is 1.38. The number of rotatable bonds is 5. The van der Waals surface area contributed by atoms with E-state index in [2.05, 4.69) is 0 Å². The highest BCUT2D eigenvalue weighted by Crippen LogP contribution is 2.35. The molecule has 0 spiro atoms. The summed E-state index contributed by atoms with van der Waals surface area (Å²) < 4.78 is 50.7. The number of benzene rings is 2. The molecule has 11 heteroatoms. The Bertz CT molecular complexity index is 981. The Hall–Kier alpha value is -3.02. The summed E-state index contributed by atoms with van der Waals surface area (Å²) in [7, 11) is -3.34. The van der Waals surface area contributed by atoms with Gasteiger partial charge in [-0.05, 0) is 31.2 Å². The molecule has 10 nitrogen and oxygen atoms in total. The van der Waals surface area contributed by atoms with Gasteiger partial charge >= 0.3 is 11.3 Å². The lowest BCUT2D eigenvalue weighted by Crippen LogP contribution is -2.68. The van der Waals surface area contributed by atoms with Gasteiger partial charge in [-0.15, -0.1) is 10.2 Å². The van der Waals surface area contributed by atoms with Crippen LogP contribution in [0, 0.1) is 20.4 Å². The molecule has 0 aliphatic rings. The van der Waals surface area contributed by atoms with Gasteiger partial charge in [0.15, 0.2) is 0 Å². The average molecular weight is 426 g/mol. The van der Waals surface area contributed by atoms with Gasteiger partial charge in [0.05, 0.1) is 36.3 Å². The standard InChI is InChI=1S/C18H16NO5.ClHO4/c1-3-23-18-11-17(12-4-7-14(22-2)8-5-12)24-16-9-6-13(19(20)21)10-15(16)18;2-1(3,4)5/h4-11H,3H2,1-2H3;(H,2,3,4,5)/q+1;/p-1. The summed E-state index contributed by atoms with van der Waals surface area (Å²) in [5, 5.41) is 11.6. The van der Waals surface area contributed by atoms with Crippen LogP contribution in [0.2, 0.25) is 0 Å². The summed E-state index contributed by atoms with van der Waals surface area (Å²) in [6.45, 7) is 2.31. The molecular weight excluding hydrogens is 410 g/mol. The van der Waals surface area contributed by atoms with Crippen molar-refractivity contribution in [2.75, 3.05) is 13.7 Å². The fraction of sp³-hybridized carbons (Fsp3) is 0.167. The second-order valence-corrected chi connectivity index (χ2v) is 6.21. The van der Waals surface area contributed by atoms with Gasteiger partial charge in [-0.3, -0.25) is 10.1 Å². The fourth-order valence-corrected chi connectivity index (χ4v) is 2.43. The third-order valence-corrected chi connectivity index (χ3v) is 3.60. The number of ether oxygens (including phenoxy) is 2. The SMILES string of the molecule is CCOc1cc(-c2ccc(OC)cc2)[o+]c2ccc([N+](=O)[O-])cc12.[O-][Cl+3]([O-])([O-])[O-]. The molecule has 1 heterocycles. The Morgan fingerprint density at radius 2 is 1.66 bits per heavy atom. The smallest absolute Gasteiger partial charge is 0.365 e. The number of methoxy groups -OCH3 is 1. The monoisotopic (exact) mass is 425 g/mol. The molecule has 0 amide bonds. The Labute approximate surface area is 167 Å². The lowest BCUT2D eigenvalue weighted by atomic mass is 10.1. The van der Waals surface area contributed by atoms with Crippen LogP contribution < -0.4 is 28.1 Å². The molecule has 1 aromatic heterocycles. The van der Waals surface area contributed by atoms with Crippen LogP contribution in [0.15, 0.2) is 52.9 Å². The van der Waals surface area contributed by atoms with Gasteiger partial charge in [0.2, 0.25) is 0 Å². The third kappa shape index (κ3) is 6.52. The van der Waals surface area contributed by atoms with Crippen LogP contribution in [0.4, 0.5) is 5.69 Å². The minimum Gasteiger partial charge on any atom is -0.497 e. The molecule has 2 aromatic carbocycles. The number of halogens is 1. The van der Waals surface area contributed by atoms with Crippen molar-refractivity contribution in [2.45, 2.75) is 6.92 Å². The molecule has 29 heavy (non-hydrogen) atoms. The summed E-state index contributed by atoms with van der Waals surface area (Å²) in [5.74, 6) is 1.91. The number of fused-ring (bicyclic) bond motifs is 1. The highest BCUT2D eigenvalue weighted by molar-refractivity contribution is 5.87. The van der Waals surface area contributed by atoms with Gasteiger partial charge in [0.25, 0.3) is 5.69 Å². The van der Waals surface area contributed by atoms with E-state index in [1.54, 1.807) is 19.2 Å². The number of nitrogens with zero attached hydrogens (tertiary/aromatic N) is 1. The molecule has 0 atom stereocenters. The number of hydrogen-bond donors (Lipinski definition) is 0. The molecule has 0 N–H and O–H groups in total. The Balaban J connectivity index is 0.000000537. The Kier molecular flexibility index (Phi) is 7.26. The second-order valence-electron chi connectivity index (χ2n) is 5.45. The van der Waals surface area contributed by atoms with Gasteiger partial charge in [0, 0.05) is 12.1 Å². The van der Waals surface area contributed by atoms with Crippen molar-refractivity contribution in [3.63, 3.8) is 0 Å². The van der Waals surface area contributed by atoms with Gasteiger partial charge in [-0.1, -0.05) is 0 Å². The molecule has 0 unspecified atom stereocenters. The van der Waals surface area contributed by atoms with Crippen molar-refractivity contribution in [3.8, 4) is 22.8 Å². The maximum atomic E-state index is 11.0. The minimum absolute atomic E-state index is 0.00384. The largest absolute Gasteiger partial charge is 0.497 e. The van der Waals surface area contributed by atoms with Crippen LogP contribution in [-0.2, 0) is 0 Å². The first kappa shape index (κ1) is 22.3. The van der Waals surface area contributed by atoms with Crippen LogP contribution in [0.1, 0.15) is 6.92 Å². The fourth-order valence-electron chi connectivity index (χ4n) is 2.43. The zero-order chi connectivity index (χ0) is 21.6. The number of nitro benzene ring substituents is 1. The molecule has 154 valence electrons. The van der Waals surface area contributed by atoms with Gasteiger partial charge in [-0.2, -0.15) is 0 Å². The molecule has 0 aliphatic heterocycles. The third-order valence-electron chi connectivity index (χ3n) is 3.60. The molecule has 0 bridgehead atoms. The van der Waals surface area contributed by atoms with E-state index in [0.29, 0.717) is 29.1 Å². The average Bonchev–Trinajstić information content (AvgIpc) is 2.66. The van der Waals surface area contributed by atoms with E-state index in [-0.39, 0.29) is 5.69 Å². The van der Waals surface area contributed by atoms with Gasteiger partial charge in [0.1, 0.15) is 16.9 Å². The van der Waals surface area contributed by atoms with E-state index < -0.39 is 15.2 Å². The summed E-state index contributed by atoms with van der Waals surface area (Å²) >= 11 is 0. The Morgan fingerprint density at radius 3 is 2.17 bits per heavy atom. The first-order chi connectivity index (χ1) is 13.6. The van der Waals surface area contributed by atoms with Crippen molar-refractivity contribution in [1.82, 2.24) is 0 Å². The van der Waals surface area contributed by atoms with E-state index in [1.165, 1.54) is 12.1 Å². The normalized spacial score (nSPS) is 10.8. The van der Waals surface area contributed by atoms with E-state index in [9.17, 15) is 10.1 Å². The first-order valence-corrected chi connectivity index (χ1v) is 9.30. The van der Waals surface area contributed by atoms with Crippen molar-refractivity contribution in [3.05, 3.63) is 58.6 Å². The maximum Gasteiger partial charge on any atom is 0.365 e. The molecule has 0 fully saturated rings. The highest BCUT2D eigenvalue weighted by atomic mass is 35.7. The lowest BCUT2D eigenvalue weighted by Gasteiger charge is -2.17. The minimum atomic E-state index is -4.94. The van der Waals surface area contributed by atoms with Gasteiger partial charge < -0.3 is 9.47 Å². The van der Waals surface area contributed by atoms with Crippen molar-refractivity contribution in [1.29, 1.82) is 0 Å². The summed E-state index contributed by atoms with van der Waals surface area (Å²) in [6, 6.07) is 13.6. The molecule has 3 aromatic rings. The van der Waals surface area contributed by atoms with E-state index >= 15 is 0 Å². The number of hydrogen-bond acceptors (Lipinski definition) is 8. The van der Waals surface area contributed by atoms with Crippen molar-refractivity contribution < 1.29 is 47.7 Å². The van der Waals surface area contributed by atoms with Gasteiger partial charge in [-0.25, -0.2) is 23.1 Å². The number of nitro groups is 1. The zero-order valence-electron chi connectivity index (χ0n) is 15.3. The quantitative estimate of drug-likeness (QED) is 0.309. The first-order valence-electron chi connectivity index (χ1n) is 8.06. The molecule has 0 radical (unpaired) electrons. The predicted octanol–water partition coefficient (Wildman–Crippen LogP) is -0.0596. The number of non-ortho nitro benzene ring substituents is 1. The van der Waals surface area contributed by atoms with E-state index in [0.717, 1.165) is 11.3 Å². The Morgan fingerprint density at radius 1 is 1.03 bits per heavy atom. The van der Waals surface area contributed by atoms with E-state index in [1.807, 2.05) is 31.2 Å². The zero-order valence-corrected chi connectivity index (χ0v) is 16.1. The van der Waals surface area contributed by atoms with Crippen LogP contribution in [-0.4, -0.2) is 18.6 Å². The molecule has 0 aliphatic carbocycles. The second kappa shape index (κ2) is 9.45. The molecule has 0 saturated heterocycles. The summed E-state index contributed by atoms with van der Waals surface area (Å²) in [6.07, 6.45) is 0. The van der Waals surface area contributed by atoms with Crippen LogP contribution in [0.3, 0.4) is 0 Å². The van der Waals surface area contributed by atoms with Crippen LogP contribution in [0.5, 0.6) is 11.5 Å². The highest BCUT2D eigenvalue weighted by Gasteiger charge is 2.22. The predicted molar refractivity (Wildman–Crippen MR) is 90.4 cm³/mol. The topological polar surface area (TPSA) is 165 Å². The van der Waals surface area contributed by atoms with E-state index in [4.69, 9.17) is 32.5 Å². The maximum absolute atomic E-state index is 11.0. The molecule has 0 saturated carbocycles. The van der Waals surface area contributed by atoms with Crippen molar-refractivity contribution in [2.24, 2.45) is 0 Å². The molecule has 3 rings (SSSR count). The lowest BCUT2D eigenvalue weighted by molar-refractivity contribution is -2.00. The molecular formula is C18H16ClNO9. The van der Waals surface area contributed by atoms with Crippen LogP contribution >= 0.6 is 0 Å². The summed E-state index contributed by atoms with van der Waals surface area (Å²) in [4.78, 5) is 10.5. The van der Waals surface area contributed by atoms with Crippen LogP contribution in [0.25, 0.3) is 22.3 Å². The van der Waals surface area contributed by atoms with Crippen molar-refractivity contribution >= 4 is 16.7 Å².